The maximum atomic E-state index is 12.2. The highest BCUT2D eigenvalue weighted by Gasteiger charge is 2.38. The fourth-order valence-electron chi connectivity index (χ4n) is 2.37. The number of ether oxygens (including phenoxy) is 1. The Hall–Kier alpha value is -5.09. The number of carbonyl (C=O) groups excluding carboxylic acids is 2. The predicted molar refractivity (Wildman–Crippen MR) is 118 cm³/mol. The van der Waals surface area contributed by atoms with Gasteiger partial charge in [-0.15, -0.1) is 0 Å². The average Bonchev–Trinajstić information content (AvgIpc) is 3.27. The molecule has 2 amide bonds. The highest BCUT2D eigenvalue weighted by Crippen LogP contribution is 2.17. The molecule has 0 fully saturated rings. The standard InChI is InChI=1S/C19H20N4O8.C2HF3O2/c1-23(19(29)22-13(17(26)27)8-15(24)25)9-12-6-7-14(30-12)18(28)31-11-4-2-10(3-5-11)16(20)21;3-2(4,5)1(6)7/h2-7,13H,8-9H2,1H3,(H3,20,21)(H,22,29)(H,24,25)(H,26,27);(H,6,7)/t13-;/m0./s1. The summed E-state index contributed by atoms with van der Waals surface area (Å²) >= 11 is 0. The lowest BCUT2D eigenvalue weighted by Gasteiger charge is -2.19. The number of urea groups is 1. The third-order valence-corrected chi connectivity index (χ3v) is 4.20. The second-order valence-electron chi connectivity index (χ2n) is 7.19. The number of furan rings is 1. The summed E-state index contributed by atoms with van der Waals surface area (Å²) in [7, 11) is 1.34. The highest BCUT2D eigenvalue weighted by molar-refractivity contribution is 5.95. The normalized spacial score (nSPS) is 11.3. The number of halogens is 3. The molecule has 1 aromatic carbocycles. The molecule has 0 aliphatic rings. The lowest BCUT2D eigenvalue weighted by molar-refractivity contribution is -0.192. The number of amides is 2. The molecule has 2 rings (SSSR count). The first-order chi connectivity index (χ1) is 17.5. The van der Waals surface area contributed by atoms with E-state index in [1.54, 1.807) is 0 Å². The van der Waals surface area contributed by atoms with E-state index in [4.69, 9.17) is 40.4 Å². The number of nitrogen functional groups attached to an aromatic ring is 1. The molecule has 0 unspecified atom stereocenters. The summed E-state index contributed by atoms with van der Waals surface area (Å²) in [5, 5.41) is 34.2. The lowest BCUT2D eigenvalue weighted by atomic mass is 10.2. The fraction of sp³-hybridized carbons (Fsp3) is 0.238. The van der Waals surface area contributed by atoms with Gasteiger partial charge < -0.3 is 40.4 Å². The Labute approximate surface area is 210 Å². The van der Waals surface area contributed by atoms with Crippen LogP contribution in [0, 0.1) is 5.41 Å². The van der Waals surface area contributed by atoms with E-state index >= 15 is 0 Å². The number of nitrogens with one attached hydrogen (secondary N) is 2. The van der Waals surface area contributed by atoms with Crippen molar-refractivity contribution in [1.82, 2.24) is 10.2 Å². The number of carboxylic acid groups (broad SMARTS) is 3. The molecule has 0 bridgehead atoms. The maximum Gasteiger partial charge on any atom is 0.490 e. The first kappa shape index (κ1) is 30.9. The van der Waals surface area contributed by atoms with Crippen LogP contribution >= 0.6 is 0 Å². The van der Waals surface area contributed by atoms with Crippen LogP contribution in [0.3, 0.4) is 0 Å². The molecule has 0 aliphatic carbocycles. The van der Waals surface area contributed by atoms with Crippen LogP contribution in [0.2, 0.25) is 0 Å². The van der Waals surface area contributed by atoms with Gasteiger partial charge in [0.25, 0.3) is 0 Å². The second-order valence-corrected chi connectivity index (χ2v) is 7.19. The molecule has 0 saturated carbocycles. The summed E-state index contributed by atoms with van der Waals surface area (Å²) in [5.74, 6) is -6.24. The van der Waals surface area contributed by atoms with Crippen LogP contribution < -0.4 is 15.8 Å². The summed E-state index contributed by atoms with van der Waals surface area (Å²) in [4.78, 5) is 56.0. The molecular formula is C21H21F3N4O10. The van der Waals surface area contributed by atoms with E-state index in [1.165, 1.54) is 43.4 Å². The third kappa shape index (κ3) is 10.3. The van der Waals surface area contributed by atoms with Crippen LogP contribution in [-0.2, 0) is 20.9 Å². The first-order valence-corrected chi connectivity index (χ1v) is 10.0. The number of carbonyl (C=O) groups is 5. The number of carboxylic acids is 3. The van der Waals surface area contributed by atoms with Gasteiger partial charge in [-0.2, -0.15) is 13.2 Å². The van der Waals surface area contributed by atoms with Crippen molar-refractivity contribution in [3.63, 3.8) is 0 Å². The minimum Gasteiger partial charge on any atom is -0.481 e. The van der Waals surface area contributed by atoms with E-state index < -0.39 is 48.5 Å². The zero-order valence-electron chi connectivity index (χ0n) is 19.3. The van der Waals surface area contributed by atoms with Crippen molar-refractivity contribution < 1.29 is 61.6 Å². The summed E-state index contributed by atoms with van der Waals surface area (Å²) in [6.07, 6.45) is -5.86. The van der Waals surface area contributed by atoms with E-state index in [9.17, 15) is 32.3 Å². The fourth-order valence-corrected chi connectivity index (χ4v) is 2.37. The zero-order valence-corrected chi connectivity index (χ0v) is 19.3. The SMILES string of the molecule is CN(Cc1ccc(C(=O)Oc2ccc(C(=N)N)cc2)o1)C(=O)N[C@@H](CC(=O)O)C(=O)O.O=C(O)C(F)(F)F. The van der Waals surface area contributed by atoms with Gasteiger partial charge in [-0.05, 0) is 36.4 Å². The summed E-state index contributed by atoms with van der Waals surface area (Å²) < 4.78 is 42.3. The van der Waals surface area contributed by atoms with Gasteiger partial charge in [0.2, 0.25) is 5.76 Å². The number of aliphatic carboxylic acids is 3. The number of nitrogens with two attached hydrogens (primary N) is 1. The van der Waals surface area contributed by atoms with Crippen LogP contribution in [0.5, 0.6) is 5.75 Å². The molecule has 0 saturated heterocycles. The number of rotatable bonds is 9. The van der Waals surface area contributed by atoms with Gasteiger partial charge >= 0.3 is 36.1 Å². The minimum atomic E-state index is -5.08. The molecule has 38 heavy (non-hydrogen) atoms. The topological polar surface area (TPSA) is 234 Å². The number of hydrogen-bond donors (Lipinski definition) is 6. The second kappa shape index (κ2) is 13.3. The molecule has 2 aromatic rings. The predicted octanol–water partition coefficient (Wildman–Crippen LogP) is 1.49. The smallest absolute Gasteiger partial charge is 0.481 e. The van der Waals surface area contributed by atoms with Gasteiger partial charge in [0.05, 0.1) is 13.0 Å². The number of amidine groups is 1. The van der Waals surface area contributed by atoms with Crippen LogP contribution in [0.15, 0.2) is 40.8 Å². The van der Waals surface area contributed by atoms with E-state index in [1.807, 2.05) is 0 Å². The molecule has 14 nitrogen and oxygen atoms in total. The Balaban J connectivity index is 0.000000905. The number of benzene rings is 1. The average molecular weight is 546 g/mol. The van der Waals surface area contributed by atoms with Crippen LogP contribution in [0.1, 0.15) is 28.3 Å². The quantitative estimate of drug-likeness (QED) is 0.114. The van der Waals surface area contributed by atoms with Crippen molar-refractivity contribution in [2.24, 2.45) is 5.73 Å². The molecule has 206 valence electrons. The third-order valence-electron chi connectivity index (χ3n) is 4.20. The molecule has 0 radical (unpaired) electrons. The zero-order chi connectivity index (χ0) is 29.2. The van der Waals surface area contributed by atoms with Crippen molar-refractivity contribution in [2.45, 2.75) is 25.2 Å². The number of nitrogens with zero attached hydrogens (tertiary/aromatic N) is 1. The monoisotopic (exact) mass is 546 g/mol. The number of alkyl halides is 3. The Morgan fingerprint density at radius 1 is 1.08 bits per heavy atom. The van der Waals surface area contributed by atoms with E-state index in [-0.39, 0.29) is 29.7 Å². The molecular weight excluding hydrogens is 525 g/mol. The Bertz CT molecular complexity index is 1190. The van der Waals surface area contributed by atoms with Gasteiger partial charge in [-0.3, -0.25) is 10.2 Å². The number of esters is 1. The lowest BCUT2D eigenvalue weighted by Crippen LogP contribution is -2.47. The molecule has 7 N–H and O–H groups in total. The summed E-state index contributed by atoms with van der Waals surface area (Å²) in [5.41, 5.74) is 5.82. The highest BCUT2D eigenvalue weighted by atomic mass is 19.4. The molecule has 0 aliphatic heterocycles. The summed E-state index contributed by atoms with van der Waals surface area (Å²) in [6, 6.07) is 6.31. The van der Waals surface area contributed by atoms with Crippen LogP contribution in [0.4, 0.5) is 18.0 Å². The van der Waals surface area contributed by atoms with Crippen molar-refractivity contribution in [3.8, 4) is 5.75 Å². The van der Waals surface area contributed by atoms with Gasteiger partial charge in [0.15, 0.2) is 0 Å². The summed E-state index contributed by atoms with van der Waals surface area (Å²) in [6.45, 7) is -0.119. The van der Waals surface area contributed by atoms with Crippen molar-refractivity contribution in [1.29, 1.82) is 5.41 Å². The first-order valence-electron chi connectivity index (χ1n) is 10.0. The van der Waals surface area contributed by atoms with Gasteiger partial charge in [-0.25, -0.2) is 19.2 Å². The largest absolute Gasteiger partial charge is 0.490 e. The molecule has 1 heterocycles. The van der Waals surface area contributed by atoms with Gasteiger partial charge in [0, 0.05) is 12.6 Å². The van der Waals surface area contributed by atoms with Crippen LogP contribution in [0.25, 0.3) is 0 Å². The molecule has 1 aromatic heterocycles. The Morgan fingerprint density at radius 3 is 2.08 bits per heavy atom. The number of hydrogen-bond acceptors (Lipinski definition) is 8. The van der Waals surface area contributed by atoms with E-state index in [0.717, 1.165) is 4.90 Å². The van der Waals surface area contributed by atoms with E-state index in [0.29, 0.717) is 5.56 Å². The Kier molecular flexibility index (Phi) is 10.8. The maximum absolute atomic E-state index is 12.2. The molecule has 1 atom stereocenters. The van der Waals surface area contributed by atoms with Crippen LogP contribution in [-0.4, -0.2) is 75.2 Å². The van der Waals surface area contributed by atoms with Crippen molar-refractivity contribution >= 4 is 35.7 Å². The molecule has 17 heteroatoms. The Morgan fingerprint density at radius 2 is 1.63 bits per heavy atom. The van der Waals surface area contributed by atoms with E-state index in [2.05, 4.69) is 5.32 Å². The van der Waals surface area contributed by atoms with Gasteiger partial charge in [0.1, 0.15) is 23.4 Å². The van der Waals surface area contributed by atoms with Gasteiger partial charge in [-0.1, -0.05) is 0 Å². The molecule has 0 spiro atoms. The van der Waals surface area contributed by atoms with Crippen molar-refractivity contribution in [3.05, 3.63) is 53.5 Å². The minimum absolute atomic E-state index is 0.119. The van der Waals surface area contributed by atoms with Crippen molar-refractivity contribution in [2.75, 3.05) is 7.05 Å².